The van der Waals surface area contributed by atoms with Crippen LogP contribution < -0.4 is 0 Å². The number of hydrogen-bond donors (Lipinski definition) is 1. The average Bonchev–Trinajstić information content (AvgIpc) is 3.24. The van der Waals surface area contributed by atoms with Crippen LogP contribution in [0, 0.1) is 0 Å². The summed E-state index contributed by atoms with van der Waals surface area (Å²) in [5, 5.41) is 8.27. The van der Waals surface area contributed by atoms with Crippen LogP contribution in [0.5, 0.6) is 0 Å². The number of ether oxygens (including phenoxy) is 3. The molecule has 2 atom stereocenters. The normalized spacial score (nSPS) is 23.4. The molecule has 0 aromatic heterocycles. The van der Waals surface area contributed by atoms with Crippen molar-refractivity contribution in [2.45, 2.75) is 57.7 Å². The zero-order valence-electron chi connectivity index (χ0n) is 11.8. The lowest BCUT2D eigenvalue weighted by atomic mass is 10.1. The fraction of sp³-hybridized carbons (Fsp3) is 0.929. The molecule has 0 amide bonds. The molecule has 2 aliphatic heterocycles. The molecule has 1 N–H and O–H groups in total. The van der Waals surface area contributed by atoms with Gasteiger partial charge in [0.1, 0.15) is 12.2 Å². The second-order valence-electron chi connectivity index (χ2n) is 5.01. The molecule has 0 bridgehead atoms. The molecule has 2 aliphatic rings. The monoisotopic (exact) mass is 274 g/mol. The first kappa shape index (κ1) is 16.4. The van der Waals surface area contributed by atoms with Gasteiger partial charge in [-0.1, -0.05) is 32.6 Å². The third kappa shape index (κ3) is 12.1. The Morgan fingerprint density at radius 1 is 1.11 bits per heavy atom. The van der Waals surface area contributed by atoms with Crippen molar-refractivity contribution in [3.63, 3.8) is 0 Å². The summed E-state index contributed by atoms with van der Waals surface area (Å²) in [7, 11) is 0. The maximum atomic E-state index is 10.0. The van der Waals surface area contributed by atoms with Gasteiger partial charge in [-0.05, 0) is 6.42 Å². The summed E-state index contributed by atoms with van der Waals surface area (Å²) >= 11 is 0. The van der Waals surface area contributed by atoms with Crippen molar-refractivity contribution >= 4 is 5.97 Å². The summed E-state index contributed by atoms with van der Waals surface area (Å²) in [6.07, 6.45) is 6.67. The van der Waals surface area contributed by atoms with E-state index in [1.54, 1.807) is 0 Å². The van der Waals surface area contributed by atoms with E-state index in [0.29, 0.717) is 18.6 Å². The van der Waals surface area contributed by atoms with Gasteiger partial charge in [-0.15, -0.1) is 0 Å². The summed E-state index contributed by atoms with van der Waals surface area (Å²) in [4.78, 5) is 10.0. The Labute approximate surface area is 115 Å². The fourth-order valence-electron chi connectivity index (χ4n) is 1.54. The van der Waals surface area contributed by atoms with E-state index in [4.69, 9.17) is 19.3 Å². The molecule has 0 radical (unpaired) electrons. The van der Waals surface area contributed by atoms with Gasteiger partial charge in [0, 0.05) is 6.42 Å². The summed E-state index contributed by atoms with van der Waals surface area (Å²) in [6.45, 7) is 5.41. The van der Waals surface area contributed by atoms with E-state index >= 15 is 0 Å². The van der Waals surface area contributed by atoms with Gasteiger partial charge in [0.25, 0.3) is 0 Å². The Hall–Kier alpha value is -0.650. The van der Waals surface area contributed by atoms with Crippen LogP contribution in [0.1, 0.15) is 45.4 Å². The van der Waals surface area contributed by atoms with Gasteiger partial charge in [0.15, 0.2) is 0 Å². The number of aliphatic carboxylic acids is 1. The van der Waals surface area contributed by atoms with Gasteiger partial charge in [0.2, 0.25) is 0 Å². The van der Waals surface area contributed by atoms with E-state index in [-0.39, 0.29) is 0 Å². The Kier molecular flexibility index (Phi) is 8.79. The maximum absolute atomic E-state index is 10.0. The molecular formula is C14H26O5. The molecule has 0 aromatic rings. The molecule has 2 unspecified atom stereocenters. The third-order valence-electron chi connectivity index (χ3n) is 2.91. The summed E-state index contributed by atoms with van der Waals surface area (Å²) < 4.78 is 15.1. The van der Waals surface area contributed by atoms with Crippen molar-refractivity contribution < 1.29 is 24.1 Å². The molecule has 2 fully saturated rings. The van der Waals surface area contributed by atoms with E-state index in [0.717, 1.165) is 39.3 Å². The van der Waals surface area contributed by atoms with E-state index in [1.165, 1.54) is 19.3 Å². The Morgan fingerprint density at radius 2 is 1.63 bits per heavy atom. The van der Waals surface area contributed by atoms with Gasteiger partial charge >= 0.3 is 5.97 Å². The summed E-state index contributed by atoms with van der Waals surface area (Å²) in [5.41, 5.74) is 0. The highest BCUT2D eigenvalue weighted by Crippen LogP contribution is 2.12. The van der Waals surface area contributed by atoms with Crippen molar-refractivity contribution in [2.75, 3.05) is 26.4 Å². The molecule has 2 saturated heterocycles. The highest BCUT2D eigenvalue weighted by atomic mass is 16.6. The van der Waals surface area contributed by atoms with Gasteiger partial charge in [-0.25, -0.2) is 0 Å². The van der Waals surface area contributed by atoms with Gasteiger partial charge < -0.3 is 19.3 Å². The fourth-order valence-corrected chi connectivity index (χ4v) is 1.54. The Bertz CT molecular complexity index is 224. The smallest absolute Gasteiger partial charge is 0.303 e. The molecule has 0 aromatic carbocycles. The van der Waals surface area contributed by atoms with Crippen molar-refractivity contribution in [2.24, 2.45) is 0 Å². The van der Waals surface area contributed by atoms with Gasteiger partial charge in [-0.3, -0.25) is 4.79 Å². The topological polar surface area (TPSA) is 71.6 Å². The predicted molar refractivity (Wildman–Crippen MR) is 71.3 cm³/mol. The first-order valence-electron chi connectivity index (χ1n) is 7.25. The first-order valence-corrected chi connectivity index (χ1v) is 7.25. The molecule has 2 heterocycles. The number of unbranched alkanes of at least 4 members (excludes halogenated alkanes) is 4. The zero-order valence-corrected chi connectivity index (χ0v) is 11.8. The van der Waals surface area contributed by atoms with Gasteiger partial charge in [-0.2, -0.15) is 0 Å². The number of epoxide rings is 2. The second kappa shape index (κ2) is 10.2. The molecular weight excluding hydrogens is 248 g/mol. The second-order valence-corrected chi connectivity index (χ2v) is 5.01. The van der Waals surface area contributed by atoms with Crippen molar-refractivity contribution in [3.8, 4) is 0 Å². The molecule has 0 spiro atoms. The maximum Gasteiger partial charge on any atom is 0.303 e. The Balaban J connectivity index is 0.000000190. The number of carbonyl (C=O) groups is 1. The predicted octanol–water partition coefficient (Wildman–Crippen LogP) is 2.23. The van der Waals surface area contributed by atoms with Crippen molar-refractivity contribution in [1.82, 2.24) is 0 Å². The largest absolute Gasteiger partial charge is 0.481 e. The van der Waals surface area contributed by atoms with Crippen LogP contribution in [0.25, 0.3) is 0 Å². The van der Waals surface area contributed by atoms with Crippen LogP contribution in [-0.4, -0.2) is 49.7 Å². The van der Waals surface area contributed by atoms with E-state index < -0.39 is 5.97 Å². The lowest BCUT2D eigenvalue weighted by molar-refractivity contribution is -0.137. The number of carboxylic acids is 1. The lowest BCUT2D eigenvalue weighted by Crippen LogP contribution is -2.06. The standard InChI is InChI=1S/C8H16O2.C6H10O3/c1-2-3-4-5-6-7-8(9)10;1(5-3-8-5)7-2-6-4-9-6/h2-7H2,1H3,(H,9,10);5-6H,1-4H2. The van der Waals surface area contributed by atoms with E-state index in [9.17, 15) is 4.79 Å². The van der Waals surface area contributed by atoms with Crippen molar-refractivity contribution in [1.29, 1.82) is 0 Å². The molecule has 0 aliphatic carbocycles. The van der Waals surface area contributed by atoms with Crippen LogP contribution in [0.4, 0.5) is 0 Å². The van der Waals surface area contributed by atoms with E-state index in [2.05, 4.69) is 6.92 Å². The Morgan fingerprint density at radius 3 is 2.05 bits per heavy atom. The molecule has 2 rings (SSSR count). The molecule has 112 valence electrons. The zero-order chi connectivity index (χ0) is 13.9. The highest BCUT2D eigenvalue weighted by Gasteiger charge is 2.26. The molecule has 19 heavy (non-hydrogen) atoms. The van der Waals surface area contributed by atoms with Crippen molar-refractivity contribution in [3.05, 3.63) is 0 Å². The van der Waals surface area contributed by atoms with Crippen LogP contribution in [0.2, 0.25) is 0 Å². The minimum absolute atomic E-state index is 0.337. The highest BCUT2D eigenvalue weighted by molar-refractivity contribution is 5.66. The van der Waals surface area contributed by atoms with Crippen LogP contribution in [0.15, 0.2) is 0 Å². The van der Waals surface area contributed by atoms with Crippen LogP contribution >= 0.6 is 0 Å². The quantitative estimate of drug-likeness (QED) is 0.488. The van der Waals surface area contributed by atoms with E-state index in [1.807, 2.05) is 0 Å². The molecule has 5 heteroatoms. The minimum Gasteiger partial charge on any atom is -0.481 e. The lowest BCUT2D eigenvalue weighted by Gasteiger charge is -1.95. The molecule has 5 nitrogen and oxygen atoms in total. The SMILES string of the molecule is C(OCC1CO1)C1CO1.CCCCCCCC(=O)O. The van der Waals surface area contributed by atoms with Crippen LogP contribution in [0.3, 0.4) is 0 Å². The number of rotatable bonds is 10. The third-order valence-corrected chi connectivity index (χ3v) is 2.91. The average molecular weight is 274 g/mol. The summed E-state index contributed by atoms with van der Waals surface area (Å²) in [5.74, 6) is -0.670. The van der Waals surface area contributed by atoms with Crippen LogP contribution in [-0.2, 0) is 19.0 Å². The van der Waals surface area contributed by atoms with Gasteiger partial charge in [0.05, 0.1) is 26.4 Å². The summed E-state index contributed by atoms with van der Waals surface area (Å²) in [6, 6.07) is 0. The number of carboxylic acid groups (broad SMARTS) is 1. The molecule has 0 saturated carbocycles. The number of hydrogen-bond acceptors (Lipinski definition) is 4. The first-order chi connectivity index (χ1) is 9.22. The minimum atomic E-state index is -0.670.